The molecule has 0 radical (unpaired) electrons. The van der Waals surface area contributed by atoms with Gasteiger partial charge in [-0.3, -0.25) is 9.59 Å². The number of carbonyl (C=O) groups is 2. The zero-order valence-corrected chi connectivity index (χ0v) is 19.4. The summed E-state index contributed by atoms with van der Waals surface area (Å²) in [6.07, 6.45) is -1.09. The van der Waals surface area contributed by atoms with Gasteiger partial charge in [0.2, 0.25) is 0 Å². The van der Waals surface area contributed by atoms with E-state index in [2.05, 4.69) is 10.6 Å². The van der Waals surface area contributed by atoms with Gasteiger partial charge in [-0.1, -0.05) is 41.4 Å². The predicted molar refractivity (Wildman–Crippen MR) is 122 cm³/mol. The van der Waals surface area contributed by atoms with Crippen molar-refractivity contribution in [1.29, 1.82) is 0 Å². The highest BCUT2D eigenvalue weighted by molar-refractivity contribution is 6.36. The van der Waals surface area contributed by atoms with Crippen molar-refractivity contribution < 1.29 is 23.8 Å². The van der Waals surface area contributed by atoms with E-state index in [1.807, 2.05) is 6.07 Å². The molecule has 0 aliphatic carbocycles. The van der Waals surface area contributed by atoms with Crippen molar-refractivity contribution in [2.45, 2.75) is 31.8 Å². The standard InChI is InChI=1S/C23H26Cl2N2O5/c1-23(2)31-11-10-30-19(13-27-22(29)17-9-8-16(24)12-18(17)25)20(32-23)14-26-21(28)15-6-4-3-5-7-15/h3-9,12,19-20H,10-11,13-14H2,1-2H3,(H,26,28)(H,27,29)/t19-,20+/m1/s1. The number of benzene rings is 2. The van der Waals surface area contributed by atoms with Crippen LogP contribution in [0.2, 0.25) is 10.0 Å². The van der Waals surface area contributed by atoms with Gasteiger partial charge in [-0.2, -0.15) is 0 Å². The summed E-state index contributed by atoms with van der Waals surface area (Å²) in [7, 11) is 0. The van der Waals surface area contributed by atoms with Crippen LogP contribution in [0.25, 0.3) is 0 Å². The van der Waals surface area contributed by atoms with Crippen LogP contribution in [0.15, 0.2) is 48.5 Å². The molecule has 0 spiro atoms. The second-order valence-corrected chi connectivity index (χ2v) is 8.57. The molecule has 2 amide bonds. The third kappa shape index (κ3) is 6.92. The van der Waals surface area contributed by atoms with E-state index in [-0.39, 0.29) is 29.9 Å². The van der Waals surface area contributed by atoms with Crippen LogP contribution >= 0.6 is 23.2 Å². The lowest BCUT2D eigenvalue weighted by Gasteiger charge is -2.37. The van der Waals surface area contributed by atoms with Gasteiger partial charge in [0, 0.05) is 23.7 Å². The Labute approximate surface area is 197 Å². The van der Waals surface area contributed by atoms with Crippen LogP contribution in [0.4, 0.5) is 0 Å². The number of ether oxygens (including phenoxy) is 3. The minimum atomic E-state index is -0.881. The highest BCUT2D eigenvalue weighted by Gasteiger charge is 2.33. The quantitative estimate of drug-likeness (QED) is 0.658. The maximum absolute atomic E-state index is 12.6. The molecule has 2 atom stereocenters. The summed E-state index contributed by atoms with van der Waals surface area (Å²) in [5, 5.41) is 6.40. The molecule has 172 valence electrons. The lowest BCUT2D eigenvalue weighted by atomic mass is 10.1. The number of nitrogens with one attached hydrogen (secondary N) is 2. The number of hydrogen-bond acceptors (Lipinski definition) is 5. The van der Waals surface area contributed by atoms with Gasteiger partial charge in [-0.25, -0.2) is 0 Å². The zero-order chi connectivity index (χ0) is 23.1. The van der Waals surface area contributed by atoms with Crippen LogP contribution < -0.4 is 10.6 Å². The average molecular weight is 481 g/mol. The number of amides is 2. The maximum Gasteiger partial charge on any atom is 0.252 e. The van der Waals surface area contributed by atoms with E-state index in [1.54, 1.807) is 50.2 Å². The smallest absolute Gasteiger partial charge is 0.252 e. The lowest BCUT2D eigenvalue weighted by Crippen LogP contribution is -2.52. The van der Waals surface area contributed by atoms with E-state index >= 15 is 0 Å². The summed E-state index contributed by atoms with van der Waals surface area (Å²) >= 11 is 12.0. The number of hydrogen-bond donors (Lipinski definition) is 2. The Morgan fingerprint density at radius 3 is 2.38 bits per heavy atom. The van der Waals surface area contributed by atoms with Gasteiger partial charge in [-0.05, 0) is 44.2 Å². The Hall–Kier alpha value is -2.16. The normalized spacial score (nSPS) is 20.6. The molecule has 2 N–H and O–H groups in total. The lowest BCUT2D eigenvalue weighted by molar-refractivity contribution is -0.277. The molecule has 1 aliphatic heterocycles. The van der Waals surface area contributed by atoms with Crippen LogP contribution in [-0.2, 0) is 14.2 Å². The van der Waals surface area contributed by atoms with Crippen LogP contribution in [0.5, 0.6) is 0 Å². The van der Waals surface area contributed by atoms with Gasteiger partial charge in [0.05, 0.1) is 23.8 Å². The van der Waals surface area contributed by atoms with Crippen LogP contribution in [-0.4, -0.2) is 56.1 Å². The molecule has 2 aromatic rings. The molecular formula is C23H26Cl2N2O5. The van der Waals surface area contributed by atoms with Crippen molar-refractivity contribution in [2.75, 3.05) is 26.3 Å². The molecule has 7 nitrogen and oxygen atoms in total. The van der Waals surface area contributed by atoms with Gasteiger partial charge in [0.25, 0.3) is 11.8 Å². The van der Waals surface area contributed by atoms with Crippen LogP contribution in [0.3, 0.4) is 0 Å². The van der Waals surface area contributed by atoms with E-state index < -0.39 is 18.0 Å². The number of halogens is 2. The van der Waals surface area contributed by atoms with E-state index in [9.17, 15) is 9.59 Å². The predicted octanol–water partition coefficient (Wildman–Crippen LogP) is 3.69. The summed E-state index contributed by atoms with van der Waals surface area (Å²) in [5.41, 5.74) is 0.845. The van der Waals surface area contributed by atoms with Crippen molar-refractivity contribution in [3.05, 3.63) is 69.7 Å². The average Bonchev–Trinajstić information content (AvgIpc) is 2.75. The third-order valence-corrected chi connectivity index (χ3v) is 5.40. The first-order valence-corrected chi connectivity index (χ1v) is 11.0. The Balaban J connectivity index is 1.68. The van der Waals surface area contributed by atoms with Crippen molar-refractivity contribution in [3.63, 3.8) is 0 Å². The van der Waals surface area contributed by atoms with Crippen molar-refractivity contribution >= 4 is 35.0 Å². The SMILES string of the molecule is CC1(C)OCCO[C@H](CNC(=O)c2ccc(Cl)cc2Cl)[C@H](CNC(=O)c2ccccc2)O1. The Morgan fingerprint density at radius 2 is 1.66 bits per heavy atom. The first kappa shape index (κ1) is 24.5. The van der Waals surface area contributed by atoms with Gasteiger partial charge in [0.1, 0.15) is 12.2 Å². The Morgan fingerprint density at radius 1 is 0.969 bits per heavy atom. The Bertz CT molecular complexity index is 939. The molecule has 1 saturated heterocycles. The fraction of sp³-hybridized carbons (Fsp3) is 0.391. The summed E-state index contributed by atoms with van der Waals surface area (Å²) in [6, 6.07) is 13.5. The molecule has 0 saturated carbocycles. The van der Waals surface area contributed by atoms with Gasteiger partial charge >= 0.3 is 0 Å². The summed E-state index contributed by atoms with van der Waals surface area (Å²) in [5.74, 6) is -1.47. The van der Waals surface area contributed by atoms with E-state index in [4.69, 9.17) is 37.4 Å². The minimum Gasteiger partial charge on any atom is -0.371 e. The first-order valence-electron chi connectivity index (χ1n) is 10.2. The molecule has 0 bridgehead atoms. The number of rotatable bonds is 6. The second-order valence-electron chi connectivity index (χ2n) is 7.72. The largest absolute Gasteiger partial charge is 0.371 e. The van der Waals surface area contributed by atoms with Crippen molar-refractivity contribution in [1.82, 2.24) is 10.6 Å². The molecule has 9 heteroatoms. The van der Waals surface area contributed by atoms with Gasteiger partial charge in [-0.15, -0.1) is 0 Å². The summed E-state index contributed by atoms with van der Waals surface area (Å²) in [4.78, 5) is 25.1. The highest BCUT2D eigenvalue weighted by Crippen LogP contribution is 2.22. The minimum absolute atomic E-state index is 0.153. The molecule has 1 aliphatic rings. The third-order valence-electron chi connectivity index (χ3n) is 4.85. The molecule has 32 heavy (non-hydrogen) atoms. The van der Waals surface area contributed by atoms with E-state index in [1.165, 1.54) is 6.07 Å². The molecule has 1 fully saturated rings. The van der Waals surface area contributed by atoms with E-state index in [0.717, 1.165) is 0 Å². The molecule has 0 unspecified atom stereocenters. The summed E-state index contributed by atoms with van der Waals surface area (Å²) in [6.45, 7) is 4.57. The monoisotopic (exact) mass is 480 g/mol. The molecule has 3 rings (SSSR count). The fourth-order valence-corrected chi connectivity index (χ4v) is 3.77. The zero-order valence-electron chi connectivity index (χ0n) is 17.9. The van der Waals surface area contributed by atoms with Crippen molar-refractivity contribution in [2.24, 2.45) is 0 Å². The molecule has 1 heterocycles. The van der Waals surface area contributed by atoms with E-state index in [0.29, 0.717) is 29.4 Å². The Kier molecular flexibility index (Phi) is 8.51. The van der Waals surface area contributed by atoms with Gasteiger partial charge < -0.3 is 24.8 Å². The van der Waals surface area contributed by atoms with Crippen molar-refractivity contribution in [3.8, 4) is 0 Å². The topological polar surface area (TPSA) is 85.9 Å². The van der Waals surface area contributed by atoms with Crippen LogP contribution in [0.1, 0.15) is 34.6 Å². The maximum atomic E-state index is 12.6. The molecule has 2 aromatic carbocycles. The second kappa shape index (κ2) is 11.1. The fourth-order valence-electron chi connectivity index (χ4n) is 3.28. The number of carbonyl (C=O) groups excluding carboxylic acids is 2. The first-order chi connectivity index (χ1) is 15.2. The van der Waals surface area contributed by atoms with Gasteiger partial charge in [0.15, 0.2) is 5.79 Å². The highest BCUT2D eigenvalue weighted by atomic mass is 35.5. The molecule has 0 aromatic heterocycles. The summed E-state index contributed by atoms with van der Waals surface area (Å²) < 4.78 is 17.7. The molecular weight excluding hydrogens is 455 g/mol. The van der Waals surface area contributed by atoms with Crippen LogP contribution in [0, 0.1) is 0 Å².